The molecule has 0 saturated heterocycles. The molecule has 1 N–H and O–H groups in total. The molecule has 0 bridgehead atoms. The Morgan fingerprint density at radius 3 is 2.45 bits per heavy atom. The third-order valence-corrected chi connectivity index (χ3v) is 2.99. The monoisotopic (exact) mass is 279 g/mol. The fraction of sp³-hybridized carbons (Fsp3) is 0.467. The number of carbonyl (C=O) groups excluding carboxylic acids is 1. The average Bonchev–Trinajstić information content (AvgIpc) is 2.42. The second-order valence-electron chi connectivity index (χ2n) is 4.69. The molecule has 0 aliphatic rings. The molecule has 1 aromatic carbocycles. The Kier molecular flexibility index (Phi) is 6.73. The summed E-state index contributed by atoms with van der Waals surface area (Å²) in [5.41, 5.74) is 2.25. The number of carboxylic acid groups (broad SMARTS) is 1. The lowest BCUT2D eigenvalue weighted by Gasteiger charge is -2.20. The van der Waals surface area contributed by atoms with Crippen LogP contribution in [-0.4, -0.2) is 48.7 Å². The summed E-state index contributed by atoms with van der Waals surface area (Å²) in [7, 11) is 1.52. The van der Waals surface area contributed by atoms with Crippen molar-refractivity contribution in [2.45, 2.75) is 19.8 Å². The molecular formula is C15H21NO4. The summed E-state index contributed by atoms with van der Waals surface area (Å²) in [5, 5.41) is 8.81. The van der Waals surface area contributed by atoms with E-state index in [9.17, 15) is 9.59 Å². The first-order valence-electron chi connectivity index (χ1n) is 6.57. The fourth-order valence-corrected chi connectivity index (χ4v) is 1.82. The number of hydrogen-bond donors (Lipinski definition) is 1. The van der Waals surface area contributed by atoms with Gasteiger partial charge in [-0.2, -0.15) is 0 Å². The maximum Gasteiger partial charge on any atom is 0.323 e. The van der Waals surface area contributed by atoms with E-state index in [2.05, 4.69) is 0 Å². The lowest BCUT2D eigenvalue weighted by Crippen LogP contribution is -2.38. The number of amides is 1. The minimum absolute atomic E-state index is 0.162. The molecule has 0 aromatic heterocycles. The fourth-order valence-electron chi connectivity index (χ4n) is 1.82. The highest BCUT2D eigenvalue weighted by molar-refractivity contribution is 5.81. The van der Waals surface area contributed by atoms with Crippen LogP contribution in [-0.2, 0) is 20.7 Å². The molecule has 0 heterocycles. The van der Waals surface area contributed by atoms with Crippen LogP contribution in [0.1, 0.15) is 17.5 Å². The summed E-state index contributed by atoms with van der Waals surface area (Å²) >= 11 is 0. The van der Waals surface area contributed by atoms with Gasteiger partial charge in [-0.05, 0) is 18.9 Å². The number of aliphatic carboxylic acids is 1. The Bertz CT molecular complexity index is 442. The van der Waals surface area contributed by atoms with Crippen LogP contribution in [0.15, 0.2) is 24.3 Å². The molecule has 0 saturated carbocycles. The predicted molar refractivity (Wildman–Crippen MR) is 75.6 cm³/mol. The van der Waals surface area contributed by atoms with Crippen LogP contribution in [0.5, 0.6) is 0 Å². The van der Waals surface area contributed by atoms with E-state index < -0.39 is 5.97 Å². The SMILES string of the molecule is COCCN(CC(=O)O)C(=O)CCc1ccc(C)cc1. The van der Waals surface area contributed by atoms with Gasteiger partial charge in [0.15, 0.2) is 0 Å². The molecule has 0 unspecified atom stereocenters. The Labute approximate surface area is 119 Å². The number of methoxy groups -OCH3 is 1. The first-order valence-corrected chi connectivity index (χ1v) is 6.57. The topological polar surface area (TPSA) is 66.8 Å². The summed E-state index contributed by atoms with van der Waals surface area (Å²) in [5.74, 6) is -1.17. The average molecular weight is 279 g/mol. The molecule has 5 heteroatoms. The van der Waals surface area contributed by atoms with Crippen LogP contribution in [0.3, 0.4) is 0 Å². The van der Waals surface area contributed by atoms with Crippen LogP contribution < -0.4 is 0 Å². The molecule has 0 atom stereocenters. The van der Waals surface area contributed by atoms with Gasteiger partial charge in [-0.25, -0.2) is 0 Å². The van der Waals surface area contributed by atoms with Crippen molar-refractivity contribution < 1.29 is 19.4 Å². The first kappa shape index (κ1) is 16.2. The highest BCUT2D eigenvalue weighted by Crippen LogP contribution is 2.07. The minimum atomic E-state index is -1.01. The van der Waals surface area contributed by atoms with Gasteiger partial charge in [0.25, 0.3) is 0 Å². The van der Waals surface area contributed by atoms with Gasteiger partial charge in [-0.3, -0.25) is 9.59 Å². The summed E-state index contributed by atoms with van der Waals surface area (Å²) < 4.78 is 4.89. The standard InChI is InChI=1S/C15H21NO4/c1-12-3-5-13(6-4-12)7-8-14(17)16(9-10-20-2)11-15(18)19/h3-6H,7-11H2,1-2H3,(H,18,19). The van der Waals surface area contributed by atoms with E-state index in [0.29, 0.717) is 26.0 Å². The number of nitrogens with zero attached hydrogens (tertiary/aromatic N) is 1. The van der Waals surface area contributed by atoms with Crippen molar-refractivity contribution in [3.8, 4) is 0 Å². The second kappa shape index (κ2) is 8.32. The smallest absolute Gasteiger partial charge is 0.323 e. The van der Waals surface area contributed by atoms with E-state index >= 15 is 0 Å². The molecule has 110 valence electrons. The molecule has 20 heavy (non-hydrogen) atoms. The summed E-state index contributed by atoms with van der Waals surface area (Å²) in [4.78, 5) is 24.1. The highest BCUT2D eigenvalue weighted by atomic mass is 16.5. The van der Waals surface area contributed by atoms with E-state index in [1.54, 1.807) is 0 Å². The summed E-state index contributed by atoms with van der Waals surface area (Å²) in [6.45, 7) is 2.36. The van der Waals surface area contributed by atoms with E-state index in [4.69, 9.17) is 9.84 Å². The zero-order valence-electron chi connectivity index (χ0n) is 12.0. The number of rotatable bonds is 8. The van der Waals surface area contributed by atoms with E-state index in [1.165, 1.54) is 17.6 Å². The van der Waals surface area contributed by atoms with E-state index in [1.807, 2.05) is 31.2 Å². The van der Waals surface area contributed by atoms with Crippen LogP contribution in [0.4, 0.5) is 0 Å². The van der Waals surface area contributed by atoms with Crippen LogP contribution in [0.2, 0.25) is 0 Å². The van der Waals surface area contributed by atoms with E-state index in [-0.39, 0.29) is 12.5 Å². The molecule has 0 radical (unpaired) electrons. The van der Waals surface area contributed by atoms with Gasteiger partial charge in [0, 0.05) is 20.1 Å². The van der Waals surface area contributed by atoms with Crippen molar-refractivity contribution in [1.82, 2.24) is 4.90 Å². The van der Waals surface area contributed by atoms with Crippen molar-refractivity contribution in [2.24, 2.45) is 0 Å². The predicted octanol–water partition coefficient (Wildman–Crippen LogP) is 1.49. The van der Waals surface area contributed by atoms with Gasteiger partial charge in [0.05, 0.1) is 6.61 Å². The third-order valence-electron chi connectivity index (χ3n) is 2.99. The van der Waals surface area contributed by atoms with Crippen molar-refractivity contribution >= 4 is 11.9 Å². The number of carbonyl (C=O) groups is 2. The molecule has 0 spiro atoms. The number of ether oxygens (including phenoxy) is 1. The van der Waals surface area contributed by atoms with Gasteiger partial charge in [0.2, 0.25) is 5.91 Å². The van der Waals surface area contributed by atoms with Gasteiger partial charge >= 0.3 is 5.97 Å². The number of carboxylic acids is 1. The van der Waals surface area contributed by atoms with Crippen molar-refractivity contribution in [1.29, 1.82) is 0 Å². The summed E-state index contributed by atoms with van der Waals surface area (Å²) in [6, 6.07) is 7.97. The molecule has 0 fully saturated rings. The zero-order chi connectivity index (χ0) is 15.0. The van der Waals surface area contributed by atoms with Gasteiger partial charge in [-0.15, -0.1) is 0 Å². The third kappa shape index (κ3) is 5.84. The second-order valence-corrected chi connectivity index (χ2v) is 4.69. The quantitative estimate of drug-likeness (QED) is 0.783. The molecule has 0 aliphatic carbocycles. The molecule has 1 aromatic rings. The Morgan fingerprint density at radius 2 is 1.90 bits per heavy atom. The van der Waals surface area contributed by atoms with Crippen molar-refractivity contribution in [3.05, 3.63) is 35.4 Å². The van der Waals surface area contributed by atoms with Crippen LogP contribution in [0.25, 0.3) is 0 Å². The molecule has 5 nitrogen and oxygen atoms in total. The number of hydrogen-bond acceptors (Lipinski definition) is 3. The summed E-state index contributed by atoms with van der Waals surface area (Å²) in [6.07, 6.45) is 0.919. The van der Waals surface area contributed by atoms with E-state index in [0.717, 1.165) is 5.56 Å². The lowest BCUT2D eigenvalue weighted by molar-refractivity contribution is -0.144. The number of aryl methyl sites for hydroxylation is 2. The van der Waals surface area contributed by atoms with Crippen molar-refractivity contribution in [3.63, 3.8) is 0 Å². The zero-order valence-corrected chi connectivity index (χ0v) is 12.0. The van der Waals surface area contributed by atoms with Gasteiger partial charge in [-0.1, -0.05) is 29.8 Å². The number of benzene rings is 1. The Hall–Kier alpha value is -1.88. The largest absolute Gasteiger partial charge is 0.480 e. The maximum absolute atomic E-state index is 12.0. The molecular weight excluding hydrogens is 258 g/mol. The van der Waals surface area contributed by atoms with Crippen LogP contribution in [0, 0.1) is 6.92 Å². The normalized spacial score (nSPS) is 10.3. The highest BCUT2D eigenvalue weighted by Gasteiger charge is 2.16. The Morgan fingerprint density at radius 1 is 1.25 bits per heavy atom. The van der Waals surface area contributed by atoms with Crippen molar-refractivity contribution in [2.75, 3.05) is 26.8 Å². The Balaban J connectivity index is 2.51. The van der Waals surface area contributed by atoms with Crippen LogP contribution >= 0.6 is 0 Å². The molecule has 0 aliphatic heterocycles. The molecule has 1 amide bonds. The maximum atomic E-state index is 12.0. The molecule has 1 rings (SSSR count). The van der Waals surface area contributed by atoms with Gasteiger partial charge < -0.3 is 14.7 Å². The minimum Gasteiger partial charge on any atom is -0.480 e. The van der Waals surface area contributed by atoms with Gasteiger partial charge in [0.1, 0.15) is 6.54 Å². The first-order chi connectivity index (χ1) is 9.52. The lowest BCUT2D eigenvalue weighted by atomic mass is 10.1.